The molecule has 2 aromatic rings. The van der Waals surface area contributed by atoms with Crippen LogP contribution in [0.2, 0.25) is 0 Å². The molecule has 0 fully saturated rings. The van der Waals surface area contributed by atoms with Crippen molar-refractivity contribution < 1.29 is 4.39 Å². The molecule has 0 heterocycles. The maximum absolute atomic E-state index is 13.1. The van der Waals surface area contributed by atoms with E-state index < -0.39 is 0 Å². The molecule has 2 N–H and O–H groups in total. The molecular weight excluding hydrogens is 263 g/mol. The minimum atomic E-state index is -0.205. The van der Waals surface area contributed by atoms with Gasteiger partial charge in [-0.25, -0.2) is 4.39 Å². The second-order valence-electron chi connectivity index (χ2n) is 5.54. The van der Waals surface area contributed by atoms with E-state index in [4.69, 9.17) is 5.73 Å². The van der Waals surface area contributed by atoms with Gasteiger partial charge in [0.2, 0.25) is 0 Å². The number of hydrogen-bond acceptors (Lipinski definition) is 2. The number of benzene rings is 2. The second kappa shape index (κ2) is 7.23. The molecule has 2 aromatic carbocycles. The predicted octanol–water partition coefficient (Wildman–Crippen LogP) is 3.80. The maximum atomic E-state index is 13.1. The summed E-state index contributed by atoms with van der Waals surface area (Å²) < 4.78 is 13.1. The van der Waals surface area contributed by atoms with Crippen molar-refractivity contribution in [2.24, 2.45) is 5.73 Å². The molecule has 0 amide bonds. The molecule has 2 rings (SSSR count). The topological polar surface area (TPSA) is 29.3 Å². The normalized spacial score (nSPS) is 10.7. The summed E-state index contributed by atoms with van der Waals surface area (Å²) in [7, 11) is 0. The summed E-state index contributed by atoms with van der Waals surface area (Å²) in [4.78, 5) is 2.25. The van der Waals surface area contributed by atoms with Crippen LogP contribution in [0.25, 0.3) is 0 Å². The van der Waals surface area contributed by atoms with Crippen LogP contribution in [-0.2, 0) is 6.54 Å². The Morgan fingerprint density at radius 3 is 2.19 bits per heavy atom. The van der Waals surface area contributed by atoms with Gasteiger partial charge in [0.25, 0.3) is 0 Å². The molecule has 2 nitrogen and oxygen atoms in total. The molecule has 0 aliphatic heterocycles. The zero-order valence-corrected chi connectivity index (χ0v) is 12.8. The van der Waals surface area contributed by atoms with Crippen LogP contribution in [0.1, 0.15) is 23.1 Å². The Hall–Kier alpha value is -1.87. The summed E-state index contributed by atoms with van der Waals surface area (Å²) in [5.74, 6) is -0.205. The third kappa shape index (κ3) is 4.57. The Morgan fingerprint density at radius 1 is 1.00 bits per heavy atom. The SMILES string of the molecule is Cc1cc(C)cc(CN(CCCN)c2ccc(F)cc2)c1. The molecule has 0 atom stereocenters. The molecule has 0 aliphatic carbocycles. The zero-order chi connectivity index (χ0) is 15.2. The van der Waals surface area contributed by atoms with Gasteiger partial charge in [0.1, 0.15) is 5.82 Å². The third-order valence-corrected chi connectivity index (χ3v) is 3.48. The van der Waals surface area contributed by atoms with Crippen molar-refractivity contribution in [3.05, 3.63) is 65.0 Å². The molecule has 0 aliphatic rings. The van der Waals surface area contributed by atoms with E-state index in [1.165, 1.54) is 28.8 Å². The summed E-state index contributed by atoms with van der Waals surface area (Å²) >= 11 is 0. The largest absolute Gasteiger partial charge is 0.367 e. The summed E-state index contributed by atoms with van der Waals surface area (Å²) in [6, 6.07) is 13.2. The van der Waals surface area contributed by atoms with Crippen LogP contribution >= 0.6 is 0 Å². The number of nitrogens with two attached hydrogens (primary N) is 1. The summed E-state index contributed by atoms with van der Waals surface area (Å²) in [6.07, 6.45) is 0.919. The molecule has 0 unspecified atom stereocenters. The predicted molar refractivity (Wildman–Crippen MR) is 87.0 cm³/mol. The summed E-state index contributed by atoms with van der Waals surface area (Å²) in [6.45, 7) is 6.56. The highest BCUT2D eigenvalue weighted by Gasteiger charge is 2.08. The van der Waals surface area contributed by atoms with E-state index in [0.717, 1.165) is 25.2 Å². The van der Waals surface area contributed by atoms with Crippen molar-refractivity contribution in [2.75, 3.05) is 18.0 Å². The molecule has 0 spiro atoms. The molecule has 0 aromatic heterocycles. The number of hydrogen-bond donors (Lipinski definition) is 1. The molecule has 0 bridgehead atoms. The van der Waals surface area contributed by atoms with Crippen molar-refractivity contribution in [2.45, 2.75) is 26.8 Å². The van der Waals surface area contributed by atoms with Gasteiger partial charge in [-0.3, -0.25) is 0 Å². The first-order chi connectivity index (χ1) is 10.1. The minimum absolute atomic E-state index is 0.205. The van der Waals surface area contributed by atoms with E-state index in [1.807, 2.05) is 12.1 Å². The zero-order valence-electron chi connectivity index (χ0n) is 12.8. The van der Waals surface area contributed by atoms with Gasteiger partial charge in [-0.05, 0) is 56.6 Å². The number of anilines is 1. The van der Waals surface area contributed by atoms with Crippen LogP contribution < -0.4 is 10.6 Å². The Kier molecular flexibility index (Phi) is 5.34. The van der Waals surface area contributed by atoms with Gasteiger partial charge in [0.05, 0.1) is 0 Å². The molecule has 21 heavy (non-hydrogen) atoms. The maximum Gasteiger partial charge on any atom is 0.123 e. The van der Waals surface area contributed by atoms with Crippen LogP contribution in [0.15, 0.2) is 42.5 Å². The lowest BCUT2D eigenvalue weighted by atomic mass is 10.1. The Balaban J connectivity index is 2.21. The lowest BCUT2D eigenvalue weighted by Gasteiger charge is -2.25. The first-order valence-corrected chi connectivity index (χ1v) is 7.36. The summed E-state index contributed by atoms with van der Waals surface area (Å²) in [5, 5.41) is 0. The molecule has 0 saturated carbocycles. The van der Waals surface area contributed by atoms with E-state index >= 15 is 0 Å². The fourth-order valence-electron chi connectivity index (χ4n) is 2.61. The third-order valence-electron chi connectivity index (χ3n) is 3.48. The molecule has 0 radical (unpaired) electrons. The molecule has 0 saturated heterocycles. The van der Waals surface area contributed by atoms with Gasteiger partial charge in [0.15, 0.2) is 0 Å². The van der Waals surface area contributed by atoms with E-state index in [9.17, 15) is 4.39 Å². The lowest BCUT2D eigenvalue weighted by Crippen LogP contribution is -2.25. The van der Waals surface area contributed by atoms with Crippen LogP contribution in [0, 0.1) is 19.7 Å². The average molecular weight is 286 g/mol. The van der Waals surface area contributed by atoms with Gasteiger partial charge in [-0.15, -0.1) is 0 Å². The Bertz CT molecular complexity index is 558. The van der Waals surface area contributed by atoms with Gasteiger partial charge in [-0.1, -0.05) is 29.3 Å². The Labute approximate surface area is 126 Å². The molecular formula is C18H23FN2. The fraction of sp³-hybridized carbons (Fsp3) is 0.333. The van der Waals surface area contributed by atoms with Crippen LogP contribution in [-0.4, -0.2) is 13.1 Å². The monoisotopic (exact) mass is 286 g/mol. The average Bonchev–Trinajstić information content (AvgIpc) is 2.43. The fourth-order valence-corrected chi connectivity index (χ4v) is 2.61. The van der Waals surface area contributed by atoms with Crippen LogP contribution in [0.5, 0.6) is 0 Å². The van der Waals surface area contributed by atoms with E-state index in [0.29, 0.717) is 6.54 Å². The quantitative estimate of drug-likeness (QED) is 0.875. The molecule has 112 valence electrons. The highest BCUT2D eigenvalue weighted by atomic mass is 19.1. The highest BCUT2D eigenvalue weighted by Crippen LogP contribution is 2.19. The van der Waals surface area contributed by atoms with E-state index in [-0.39, 0.29) is 5.82 Å². The van der Waals surface area contributed by atoms with Crippen molar-refractivity contribution in [1.82, 2.24) is 0 Å². The summed E-state index contributed by atoms with van der Waals surface area (Å²) in [5.41, 5.74) is 10.5. The lowest BCUT2D eigenvalue weighted by molar-refractivity contribution is 0.627. The standard InChI is InChI=1S/C18H23FN2/c1-14-10-15(2)12-16(11-14)13-21(9-3-8-20)18-6-4-17(19)5-7-18/h4-7,10-12H,3,8-9,13,20H2,1-2H3. The van der Waals surface area contributed by atoms with E-state index in [2.05, 4.69) is 36.9 Å². The Morgan fingerprint density at radius 2 is 1.62 bits per heavy atom. The van der Waals surface area contributed by atoms with Gasteiger partial charge in [-0.2, -0.15) is 0 Å². The van der Waals surface area contributed by atoms with Gasteiger partial charge >= 0.3 is 0 Å². The molecule has 3 heteroatoms. The van der Waals surface area contributed by atoms with Crippen molar-refractivity contribution in [1.29, 1.82) is 0 Å². The van der Waals surface area contributed by atoms with E-state index in [1.54, 1.807) is 0 Å². The van der Waals surface area contributed by atoms with Crippen molar-refractivity contribution >= 4 is 5.69 Å². The first kappa shape index (κ1) is 15.5. The van der Waals surface area contributed by atoms with Gasteiger partial charge in [0, 0.05) is 18.8 Å². The number of halogens is 1. The van der Waals surface area contributed by atoms with Gasteiger partial charge < -0.3 is 10.6 Å². The highest BCUT2D eigenvalue weighted by molar-refractivity contribution is 5.47. The van der Waals surface area contributed by atoms with Crippen molar-refractivity contribution in [3.63, 3.8) is 0 Å². The number of rotatable bonds is 6. The second-order valence-corrected chi connectivity index (χ2v) is 5.54. The first-order valence-electron chi connectivity index (χ1n) is 7.36. The van der Waals surface area contributed by atoms with Crippen LogP contribution in [0.3, 0.4) is 0 Å². The number of nitrogens with zero attached hydrogens (tertiary/aromatic N) is 1. The smallest absolute Gasteiger partial charge is 0.123 e. The number of aryl methyl sites for hydroxylation is 2. The minimum Gasteiger partial charge on any atom is -0.367 e. The van der Waals surface area contributed by atoms with Crippen LogP contribution in [0.4, 0.5) is 10.1 Å². The van der Waals surface area contributed by atoms with Crippen molar-refractivity contribution in [3.8, 4) is 0 Å².